The van der Waals surface area contributed by atoms with E-state index < -0.39 is 15.8 Å². The highest BCUT2D eigenvalue weighted by Crippen LogP contribution is 2.38. The molecule has 0 spiro atoms. The van der Waals surface area contributed by atoms with Crippen molar-refractivity contribution in [2.75, 3.05) is 10.5 Å². The maximum Gasteiger partial charge on any atom is 0.263 e. The predicted octanol–water partition coefficient (Wildman–Crippen LogP) is 5.31. The Kier molecular flexibility index (Phi) is 6.66. The average molecular weight is 501 g/mol. The van der Waals surface area contributed by atoms with Gasteiger partial charge in [-0.2, -0.15) is 4.37 Å². The second kappa shape index (κ2) is 9.65. The highest BCUT2D eigenvalue weighted by Gasteiger charge is 2.19. The fourth-order valence-corrected chi connectivity index (χ4v) is 4.82. The number of nitrogens with two attached hydrogens (primary N) is 1. The van der Waals surface area contributed by atoms with Crippen molar-refractivity contribution < 1.29 is 22.3 Å². The van der Waals surface area contributed by atoms with Crippen molar-refractivity contribution in [1.82, 2.24) is 9.36 Å². The van der Waals surface area contributed by atoms with E-state index in [1.807, 2.05) is 26.0 Å². The first-order valence-corrected chi connectivity index (χ1v) is 12.4. The molecule has 176 valence electrons. The number of aromatic nitrogens is 2. The molecule has 1 aromatic heterocycles. The van der Waals surface area contributed by atoms with Gasteiger partial charge < -0.3 is 15.2 Å². The van der Waals surface area contributed by atoms with Gasteiger partial charge in [-0.05, 0) is 67.9 Å². The molecule has 0 saturated carbocycles. The molecule has 0 aliphatic heterocycles. The lowest BCUT2D eigenvalue weighted by atomic mass is 10.0. The van der Waals surface area contributed by atoms with Gasteiger partial charge in [-0.25, -0.2) is 17.8 Å². The monoisotopic (exact) mass is 500 g/mol. The molecule has 0 unspecified atom stereocenters. The number of sulfonamides is 1. The van der Waals surface area contributed by atoms with E-state index in [-0.39, 0.29) is 27.6 Å². The normalized spacial score (nSPS) is 11.4. The summed E-state index contributed by atoms with van der Waals surface area (Å²) in [5.41, 5.74) is 7.37. The fourth-order valence-electron chi connectivity index (χ4n) is 3.12. The van der Waals surface area contributed by atoms with Crippen LogP contribution < -0.4 is 19.9 Å². The smallest absolute Gasteiger partial charge is 0.263 e. The van der Waals surface area contributed by atoms with Gasteiger partial charge in [0.1, 0.15) is 29.4 Å². The van der Waals surface area contributed by atoms with Crippen molar-refractivity contribution >= 4 is 32.4 Å². The largest absolute Gasteiger partial charge is 0.491 e. The van der Waals surface area contributed by atoms with Crippen molar-refractivity contribution in [3.8, 4) is 28.4 Å². The van der Waals surface area contributed by atoms with Crippen molar-refractivity contribution in [3.05, 3.63) is 72.8 Å². The van der Waals surface area contributed by atoms with Crippen LogP contribution in [0.3, 0.4) is 0 Å². The Morgan fingerprint density at radius 3 is 2.56 bits per heavy atom. The molecule has 4 aromatic rings. The lowest BCUT2D eigenvalue weighted by molar-refractivity contribution is 0.242. The van der Waals surface area contributed by atoms with Crippen LogP contribution in [0.5, 0.6) is 17.2 Å². The number of ether oxygens (including phenoxy) is 2. The highest BCUT2D eigenvalue weighted by atomic mass is 32.2. The summed E-state index contributed by atoms with van der Waals surface area (Å²) < 4.78 is 57.1. The SMILES string of the molecule is CC(C)Oc1cccc(-c2cc(F)ccc2Oc2ccc(S(=O)(=O)Nc3ncns3)cc2N)c1. The summed E-state index contributed by atoms with van der Waals surface area (Å²) in [4.78, 5) is 3.75. The zero-order chi connectivity index (χ0) is 24.3. The first kappa shape index (κ1) is 23.5. The van der Waals surface area contributed by atoms with E-state index >= 15 is 0 Å². The molecule has 3 N–H and O–H groups in total. The summed E-state index contributed by atoms with van der Waals surface area (Å²) in [6.07, 6.45) is 1.23. The second-order valence-electron chi connectivity index (χ2n) is 7.49. The second-order valence-corrected chi connectivity index (χ2v) is 9.95. The quantitative estimate of drug-likeness (QED) is 0.315. The van der Waals surface area contributed by atoms with Crippen LogP contribution in [-0.2, 0) is 10.0 Å². The van der Waals surface area contributed by atoms with Crippen molar-refractivity contribution in [2.45, 2.75) is 24.8 Å². The molecule has 0 radical (unpaired) electrons. The van der Waals surface area contributed by atoms with E-state index in [4.69, 9.17) is 15.2 Å². The number of nitrogens with one attached hydrogen (secondary N) is 1. The predicted molar refractivity (Wildman–Crippen MR) is 129 cm³/mol. The minimum Gasteiger partial charge on any atom is -0.491 e. The molecule has 0 bridgehead atoms. The lowest BCUT2D eigenvalue weighted by Crippen LogP contribution is -2.13. The Labute approximate surface area is 200 Å². The minimum atomic E-state index is -3.91. The van der Waals surface area contributed by atoms with E-state index in [0.717, 1.165) is 11.5 Å². The van der Waals surface area contributed by atoms with Crippen LogP contribution in [0.25, 0.3) is 11.1 Å². The van der Waals surface area contributed by atoms with Gasteiger partial charge in [-0.15, -0.1) is 0 Å². The van der Waals surface area contributed by atoms with Gasteiger partial charge in [-0.3, -0.25) is 4.72 Å². The number of anilines is 2. The minimum absolute atomic E-state index is 0.0191. The van der Waals surface area contributed by atoms with E-state index in [0.29, 0.717) is 22.6 Å². The molecule has 3 aromatic carbocycles. The fraction of sp³-hybridized carbons (Fsp3) is 0.130. The Hall–Kier alpha value is -3.70. The molecule has 0 atom stereocenters. The van der Waals surface area contributed by atoms with Gasteiger partial charge >= 0.3 is 0 Å². The van der Waals surface area contributed by atoms with Crippen LogP contribution in [0.2, 0.25) is 0 Å². The first-order valence-electron chi connectivity index (χ1n) is 10.1. The molecule has 0 saturated heterocycles. The van der Waals surface area contributed by atoms with Gasteiger partial charge in [-0.1, -0.05) is 12.1 Å². The molecule has 11 heteroatoms. The zero-order valence-corrected chi connectivity index (χ0v) is 19.9. The van der Waals surface area contributed by atoms with Crippen molar-refractivity contribution in [3.63, 3.8) is 0 Å². The number of hydrogen-bond acceptors (Lipinski definition) is 8. The third-order valence-electron chi connectivity index (χ3n) is 4.55. The van der Waals surface area contributed by atoms with Crippen LogP contribution in [0.15, 0.2) is 71.9 Å². The molecule has 34 heavy (non-hydrogen) atoms. The molecule has 0 amide bonds. The number of hydrogen-bond donors (Lipinski definition) is 2. The molecule has 4 rings (SSSR count). The van der Waals surface area contributed by atoms with E-state index in [9.17, 15) is 12.8 Å². The highest BCUT2D eigenvalue weighted by molar-refractivity contribution is 7.93. The van der Waals surface area contributed by atoms with E-state index in [1.165, 1.54) is 42.7 Å². The van der Waals surface area contributed by atoms with Gasteiger partial charge in [0.05, 0.1) is 16.7 Å². The summed E-state index contributed by atoms with van der Waals surface area (Å²) in [6, 6.07) is 15.4. The van der Waals surface area contributed by atoms with E-state index in [1.54, 1.807) is 12.1 Å². The summed E-state index contributed by atoms with van der Waals surface area (Å²) in [6.45, 7) is 3.83. The Bertz CT molecular complexity index is 1410. The Morgan fingerprint density at radius 1 is 1.06 bits per heavy atom. The maximum atomic E-state index is 14.1. The standard InChI is InChI=1S/C23H21FN4O4S2/c1-14(2)31-17-5-3-4-15(10-17)19-11-16(24)6-8-21(19)32-22-9-7-18(12-20(22)25)34(29,30)28-23-26-13-27-33-23/h3-14H,25H2,1-2H3,(H,26,27,28). The maximum absolute atomic E-state index is 14.1. The van der Waals surface area contributed by atoms with Crippen LogP contribution in [0, 0.1) is 5.82 Å². The van der Waals surface area contributed by atoms with Crippen LogP contribution in [-0.4, -0.2) is 23.9 Å². The molecular formula is C23H21FN4O4S2. The number of halogens is 1. The van der Waals surface area contributed by atoms with Gasteiger partial charge in [0.2, 0.25) is 5.13 Å². The topological polar surface area (TPSA) is 116 Å². The van der Waals surface area contributed by atoms with Crippen molar-refractivity contribution in [1.29, 1.82) is 0 Å². The molecule has 1 heterocycles. The summed E-state index contributed by atoms with van der Waals surface area (Å²) in [5, 5.41) is 0.138. The number of nitrogens with zero attached hydrogens (tertiary/aromatic N) is 2. The number of nitrogen functional groups attached to an aromatic ring is 1. The van der Waals surface area contributed by atoms with Gasteiger partial charge in [0.25, 0.3) is 10.0 Å². The van der Waals surface area contributed by atoms with Gasteiger partial charge in [0, 0.05) is 17.1 Å². The summed E-state index contributed by atoms with van der Waals surface area (Å²) in [5.74, 6) is 0.768. The Balaban J connectivity index is 1.64. The first-order chi connectivity index (χ1) is 16.2. The molecule has 0 aliphatic rings. The molecule has 8 nitrogen and oxygen atoms in total. The lowest BCUT2D eigenvalue weighted by Gasteiger charge is -2.15. The number of rotatable bonds is 8. The molecule has 0 fully saturated rings. The van der Waals surface area contributed by atoms with Crippen LogP contribution >= 0.6 is 11.5 Å². The third kappa shape index (κ3) is 5.43. The molecular weight excluding hydrogens is 479 g/mol. The van der Waals surface area contributed by atoms with E-state index in [2.05, 4.69) is 14.1 Å². The summed E-state index contributed by atoms with van der Waals surface area (Å²) in [7, 11) is -3.91. The average Bonchev–Trinajstić information content (AvgIpc) is 3.28. The van der Waals surface area contributed by atoms with Crippen LogP contribution in [0.4, 0.5) is 15.2 Å². The Morgan fingerprint density at radius 2 is 1.85 bits per heavy atom. The number of benzene rings is 3. The van der Waals surface area contributed by atoms with Crippen LogP contribution in [0.1, 0.15) is 13.8 Å². The van der Waals surface area contributed by atoms with Gasteiger partial charge in [0.15, 0.2) is 0 Å². The molecule has 0 aliphatic carbocycles. The van der Waals surface area contributed by atoms with Crippen molar-refractivity contribution in [2.24, 2.45) is 0 Å². The zero-order valence-electron chi connectivity index (χ0n) is 18.2. The third-order valence-corrected chi connectivity index (χ3v) is 6.60. The summed E-state index contributed by atoms with van der Waals surface area (Å²) >= 11 is 0.911.